The second-order valence-electron chi connectivity index (χ2n) is 4.93. The van der Waals surface area contributed by atoms with Gasteiger partial charge < -0.3 is 10.3 Å². The average Bonchev–Trinajstić information content (AvgIpc) is 2.29. The Balaban J connectivity index is 2.29. The van der Waals surface area contributed by atoms with Crippen molar-refractivity contribution in [2.45, 2.75) is 32.2 Å². The standard InChI is InChI=1S/C13H20N2O/c1-10-5-6-11(9-14)12(8-10)15-7-3-2-4-13(15)16/h2-4,7,10-12H,5-6,8-9,14H2,1H3. The molecule has 88 valence electrons. The second kappa shape index (κ2) is 4.83. The maximum absolute atomic E-state index is 11.8. The summed E-state index contributed by atoms with van der Waals surface area (Å²) >= 11 is 0. The van der Waals surface area contributed by atoms with Gasteiger partial charge in [-0.05, 0) is 37.3 Å². The Kier molecular flexibility index (Phi) is 3.44. The molecule has 0 aromatic carbocycles. The summed E-state index contributed by atoms with van der Waals surface area (Å²) in [7, 11) is 0. The van der Waals surface area contributed by atoms with Crippen LogP contribution in [-0.4, -0.2) is 11.1 Å². The van der Waals surface area contributed by atoms with Crippen molar-refractivity contribution in [3.05, 3.63) is 34.7 Å². The number of nitrogens with zero attached hydrogens (tertiary/aromatic N) is 1. The Morgan fingerprint density at radius 1 is 1.44 bits per heavy atom. The zero-order valence-electron chi connectivity index (χ0n) is 9.80. The summed E-state index contributed by atoms with van der Waals surface area (Å²) in [6.07, 6.45) is 5.35. The van der Waals surface area contributed by atoms with E-state index in [0.29, 0.717) is 24.4 Å². The molecule has 1 aliphatic carbocycles. The van der Waals surface area contributed by atoms with Crippen molar-refractivity contribution in [3.8, 4) is 0 Å². The van der Waals surface area contributed by atoms with E-state index in [1.165, 1.54) is 6.42 Å². The van der Waals surface area contributed by atoms with Crippen LogP contribution in [0.1, 0.15) is 32.2 Å². The highest BCUT2D eigenvalue weighted by Crippen LogP contribution is 2.35. The predicted molar refractivity (Wildman–Crippen MR) is 65.3 cm³/mol. The zero-order chi connectivity index (χ0) is 11.5. The molecule has 1 fully saturated rings. The summed E-state index contributed by atoms with van der Waals surface area (Å²) in [5.41, 5.74) is 5.91. The van der Waals surface area contributed by atoms with Crippen LogP contribution in [0, 0.1) is 11.8 Å². The van der Waals surface area contributed by atoms with Gasteiger partial charge in [0.1, 0.15) is 0 Å². The lowest BCUT2D eigenvalue weighted by Crippen LogP contribution is -2.36. The molecule has 1 heterocycles. The fraction of sp³-hybridized carbons (Fsp3) is 0.615. The molecule has 0 amide bonds. The van der Waals surface area contributed by atoms with Gasteiger partial charge in [0.05, 0.1) is 0 Å². The molecule has 0 radical (unpaired) electrons. The molecule has 0 saturated heterocycles. The van der Waals surface area contributed by atoms with E-state index < -0.39 is 0 Å². The lowest BCUT2D eigenvalue weighted by Gasteiger charge is -2.35. The van der Waals surface area contributed by atoms with Gasteiger partial charge in [0.15, 0.2) is 0 Å². The van der Waals surface area contributed by atoms with Gasteiger partial charge in [-0.2, -0.15) is 0 Å². The molecule has 2 N–H and O–H groups in total. The number of hydrogen-bond acceptors (Lipinski definition) is 2. The largest absolute Gasteiger partial charge is 0.330 e. The van der Waals surface area contributed by atoms with Crippen LogP contribution in [-0.2, 0) is 0 Å². The minimum absolute atomic E-state index is 0.0973. The molecule has 3 heteroatoms. The normalized spacial score (nSPS) is 30.2. The van der Waals surface area contributed by atoms with Gasteiger partial charge in [-0.25, -0.2) is 0 Å². The Labute approximate surface area is 96.3 Å². The van der Waals surface area contributed by atoms with Gasteiger partial charge in [0.2, 0.25) is 0 Å². The quantitative estimate of drug-likeness (QED) is 0.826. The monoisotopic (exact) mass is 220 g/mol. The minimum atomic E-state index is 0.0973. The summed E-state index contributed by atoms with van der Waals surface area (Å²) in [4.78, 5) is 11.8. The van der Waals surface area contributed by atoms with E-state index in [2.05, 4.69) is 6.92 Å². The van der Waals surface area contributed by atoms with E-state index in [1.54, 1.807) is 12.1 Å². The molecule has 0 bridgehead atoms. The third kappa shape index (κ3) is 2.19. The lowest BCUT2D eigenvalue weighted by molar-refractivity contribution is 0.194. The highest BCUT2D eigenvalue weighted by molar-refractivity contribution is 4.97. The molecule has 3 atom stereocenters. The smallest absolute Gasteiger partial charge is 0.250 e. The predicted octanol–water partition coefficient (Wildman–Crippen LogP) is 1.78. The maximum Gasteiger partial charge on any atom is 0.250 e. The average molecular weight is 220 g/mol. The summed E-state index contributed by atoms with van der Waals surface area (Å²) in [6, 6.07) is 5.64. The SMILES string of the molecule is CC1CCC(CN)C(n2ccccc2=O)C1. The molecule has 1 aromatic heterocycles. The van der Waals surface area contributed by atoms with Crippen molar-refractivity contribution in [3.63, 3.8) is 0 Å². The Morgan fingerprint density at radius 3 is 2.94 bits per heavy atom. The summed E-state index contributed by atoms with van der Waals surface area (Å²) in [6.45, 7) is 2.94. The van der Waals surface area contributed by atoms with Crippen LogP contribution in [0.2, 0.25) is 0 Å². The second-order valence-corrected chi connectivity index (χ2v) is 4.93. The van der Waals surface area contributed by atoms with Crippen LogP contribution in [0.25, 0.3) is 0 Å². The van der Waals surface area contributed by atoms with Gasteiger partial charge in [0.25, 0.3) is 5.56 Å². The van der Waals surface area contributed by atoms with Gasteiger partial charge in [0, 0.05) is 18.3 Å². The number of rotatable bonds is 2. The maximum atomic E-state index is 11.8. The van der Waals surface area contributed by atoms with Crippen LogP contribution in [0.3, 0.4) is 0 Å². The van der Waals surface area contributed by atoms with E-state index in [0.717, 1.165) is 12.8 Å². The van der Waals surface area contributed by atoms with Crippen molar-refractivity contribution in [1.29, 1.82) is 0 Å². The van der Waals surface area contributed by atoms with Crippen LogP contribution >= 0.6 is 0 Å². The van der Waals surface area contributed by atoms with Crippen molar-refractivity contribution in [2.75, 3.05) is 6.54 Å². The van der Waals surface area contributed by atoms with E-state index in [-0.39, 0.29) is 5.56 Å². The van der Waals surface area contributed by atoms with Crippen LogP contribution in [0.15, 0.2) is 29.2 Å². The molecule has 3 nitrogen and oxygen atoms in total. The van der Waals surface area contributed by atoms with E-state index >= 15 is 0 Å². The Bertz CT molecular complexity index is 399. The highest BCUT2D eigenvalue weighted by atomic mass is 16.1. The van der Waals surface area contributed by atoms with Crippen molar-refractivity contribution >= 4 is 0 Å². The van der Waals surface area contributed by atoms with Gasteiger partial charge in [-0.15, -0.1) is 0 Å². The lowest BCUT2D eigenvalue weighted by atomic mass is 9.79. The molecule has 2 rings (SSSR count). The Hall–Kier alpha value is -1.09. The first-order chi connectivity index (χ1) is 7.72. The summed E-state index contributed by atoms with van der Waals surface area (Å²) < 4.78 is 1.87. The van der Waals surface area contributed by atoms with E-state index in [4.69, 9.17) is 5.73 Å². The van der Waals surface area contributed by atoms with Gasteiger partial charge in [-0.3, -0.25) is 4.79 Å². The molecule has 0 aliphatic heterocycles. The molecule has 1 aromatic rings. The molecular formula is C13H20N2O. The summed E-state index contributed by atoms with van der Waals surface area (Å²) in [5.74, 6) is 1.15. The number of hydrogen-bond donors (Lipinski definition) is 1. The zero-order valence-corrected chi connectivity index (χ0v) is 9.80. The van der Waals surface area contributed by atoms with Gasteiger partial charge in [-0.1, -0.05) is 19.4 Å². The molecule has 1 aliphatic rings. The fourth-order valence-electron chi connectivity index (χ4n) is 2.74. The van der Waals surface area contributed by atoms with Crippen molar-refractivity contribution in [2.24, 2.45) is 17.6 Å². The third-order valence-electron chi connectivity index (χ3n) is 3.73. The molecule has 16 heavy (non-hydrogen) atoms. The number of nitrogens with two attached hydrogens (primary N) is 1. The van der Waals surface area contributed by atoms with Crippen LogP contribution in [0.4, 0.5) is 0 Å². The Morgan fingerprint density at radius 2 is 2.25 bits per heavy atom. The minimum Gasteiger partial charge on any atom is -0.330 e. The topological polar surface area (TPSA) is 48.0 Å². The van der Waals surface area contributed by atoms with E-state index in [9.17, 15) is 4.79 Å². The van der Waals surface area contributed by atoms with Crippen molar-refractivity contribution < 1.29 is 0 Å². The first-order valence-corrected chi connectivity index (χ1v) is 6.09. The summed E-state index contributed by atoms with van der Waals surface area (Å²) in [5, 5.41) is 0. The van der Waals surface area contributed by atoms with Crippen LogP contribution in [0.5, 0.6) is 0 Å². The third-order valence-corrected chi connectivity index (χ3v) is 3.73. The number of aromatic nitrogens is 1. The van der Waals surface area contributed by atoms with Gasteiger partial charge >= 0.3 is 0 Å². The van der Waals surface area contributed by atoms with Crippen LogP contribution < -0.4 is 11.3 Å². The van der Waals surface area contributed by atoms with E-state index in [1.807, 2.05) is 16.8 Å². The first-order valence-electron chi connectivity index (χ1n) is 6.09. The molecule has 1 saturated carbocycles. The highest BCUT2D eigenvalue weighted by Gasteiger charge is 2.29. The van der Waals surface area contributed by atoms with Crippen molar-refractivity contribution in [1.82, 2.24) is 4.57 Å². The number of pyridine rings is 1. The molecular weight excluding hydrogens is 200 g/mol. The molecule has 0 spiro atoms. The first kappa shape index (κ1) is 11.4. The fourth-order valence-corrected chi connectivity index (χ4v) is 2.74. The molecule has 3 unspecified atom stereocenters.